The van der Waals surface area contributed by atoms with E-state index in [2.05, 4.69) is 24.0 Å². The Balaban J connectivity index is 1.83. The number of rotatable bonds is 9. The number of nitrogens with two attached hydrogens (primary N) is 1. The molecular formula is C19H28N4O3. The first-order chi connectivity index (χ1) is 12.4. The molecule has 1 heterocycles. The number of hydrogen-bond acceptors (Lipinski definition) is 6. The highest BCUT2D eigenvalue weighted by Gasteiger charge is 2.15. The van der Waals surface area contributed by atoms with Crippen LogP contribution in [-0.2, 0) is 11.2 Å². The van der Waals surface area contributed by atoms with E-state index < -0.39 is 0 Å². The number of ether oxygens (including phenoxy) is 1. The van der Waals surface area contributed by atoms with Crippen molar-refractivity contribution in [2.75, 3.05) is 20.7 Å². The number of amides is 1. The van der Waals surface area contributed by atoms with E-state index >= 15 is 0 Å². The summed E-state index contributed by atoms with van der Waals surface area (Å²) in [4.78, 5) is 18.3. The molecule has 1 aromatic heterocycles. The first-order valence-corrected chi connectivity index (χ1v) is 8.87. The lowest BCUT2D eigenvalue weighted by Gasteiger charge is -2.21. The predicted octanol–water partition coefficient (Wildman–Crippen LogP) is 2.51. The van der Waals surface area contributed by atoms with Gasteiger partial charge in [0, 0.05) is 38.0 Å². The van der Waals surface area contributed by atoms with Crippen LogP contribution in [0.4, 0.5) is 0 Å². The number of benzene rings is 1. The molecule has 0 aliphatic rings. The van der Waals surface area contributed by atoms with Crippen molar-refractivity contribution in [1.82, 2.24) is 15.0 Å². The number of carbonyl (C=O) groups excluding carboxylic acids is 1. The van der Waals surface area contributed by atoms with Gasteiger partial charge >= 0.3 is 0 Å². The molecule has 0 fully saturated rings. The molecule has 7 heteroatoms. The number of nitrogens with zero attached hydrogens (tertiary/aromatic N) is 3. The highest BCUT2D eigenvalue weighted by atomic mass is 16.5. The minimum Gasteiger partial charge on any atom is -0.497 e. The first kappa shape index (κ1) is 19.9. The highest BCUT2D eigenvalue weighted by Crippen LogP contribution is 2.20. The summed E-state index contributed by atoms with van der Waals surface area (Å²) in [5, 5.41) is 3.98. The molecular weight excluding hydrogens is 332 g/mol. The van der Waals surface area contributed by atoms with E-state index in [1.807, 2.05) is 24.3 Å². The van der Waals surface area contributed by atoms with Gasteiger partial charge in [-0.05, 0) is 36.6 Å². The minimum absolute atomic E-state index is 0.0464. The van der Waals surface area contributed by atoms with Gasteiger partial charge in [0.15, 0.2) is 0 Å². The molecule has 2 rings (SSSR count). The number of aryl methyl sites for hydroxylation is 1. The van der Waals surface area contributed by atoms with Crippen LogP contribution in [0.15, 0.2) is 28.8 Å². The Kier molecular flexibility index (Phi) is 7.15. The van der Waals surface area contributed by atoms with E-state index in [-0.39, 0.29) is 11.9 Å². The summed E-state index contributed by atoms with van der Waals surface area (Å²) in [6.07, 6.45) is 1.54. The molecule has 0 saturated heterocycles. The first-order valence-electron chi connectivity index (χ1n) is 8.87. The van der Waals surface area contributed by atoms with Crippen molar-refractivity contribution in [3.63, 3.8) is 0 Å². The van der Waals surface area contributed by atoms with Crippen molar-refractivity contribution in [3.8, 4) is 17.1 Å². The smallest absolute Gasteiger partial charge is 0.227 e. The van der Waals surface area contributed by atoms with Crippen molar-refractivity contribution in [2.45, 2.75) is 39.2 Å². The van der Waals surface area contributed by atoms with E-state index in [9.17, 15) is 4.79 Å². The maximum absolute atomic E-state index is 12.2. The summed E-state index contributed by atoms with van der Waals surface area (Å²) in [6.45, 7) is 4.82. The van der Waals surface area contributed by atoms with Crippen LogP contribution in [-0.4, -0.2) is 47.7 Å². The van der Waals surface area contributed by atoms with Gasteiger partial charge in [-0.15, -0.1) is 0 Å². The zero-order chi connectivity index (χ0) is 19.1. The van der Waals surface area contributed by atoms with Crippen LogP contribution in [0.5, 0.6) is 5.75 Å². The van der Waals surface area contributed by atoms with Crippen LogP contribution >= 0.6 is 0 Å². The molecule has 0 aliphatic heterocycles. The Morgan fingerprint density at radius 3 is 2.62 bits per heavy atom. The normalized spacial score (nSPS) is 12.2. The maximum Gasteiger partial charge on any atom is 0.227 e. The molecule has 142 valence electrons. The molecule has 0 spiro atoms. The van der Waals surface area contributed by atoms with Crippen molar-refractivity contribution < 1.29 is 14.1 Å². The van der Waals surface area contributed by atoms with E-state index in [0.29, 0.717) is 37.0 Å². The van der Waals surface area contributed by atoms with Crippen LogP contribution in [0, 0.1) is 5.92 Å². The molecule has 0 radical (unpaired) electrons. The predicted molar refractivity (Wildman–Crippen MR) is 99.7 cm³/mol. The molecule has 0 bridgehead atoms. The molecule has 0 aliphatic carbocycles. The second-order valence-electron chi connectivity index (χ2n) is 6.75. The summed E-state index contributed by atoms with van der Waals surface area (Å²) < 4.78 is 10.4. The Hall–Kier alpha value is -2.41. The number of hydrogen-bond donors (Lipinski definition) is 1. The largest absolute Gasteiger partial charge is 0.497 e. The Labute approximate surface area is 154 Å². The van der Waals surface area contributed by atoms with Gasteiger partial charge in [0.25, 0.3) is 0 Å². The summed E-state index contributed by atoms with van der Waals surface area (Å²) in [5.74, 6) is 2.18. The lowest BCUT2D eigenvalue weighted by Crippen LogP contribution is -2.34. The van der Waals surface area contributed by atoms with E-state index in [0.717, 1.165) is 17.7 Å². The van der Waals surface area contributed by atoms with Gasteiger partial charge in [0.05, 0.1) is 7.11 Å². The van der Waals surface area contributed by atoms with E-state index in [1.54, 1.807) is 19.1 Å². The van der Waals surface area contributed by atoms with E-state index in [4.69, 9.17) is 15.0 Å². The van der Waals surface area contributed by atoms with Gasteiger partial charge in [-0.1, -0.05) is 19.0 Å². The molecule has 0 saturated carbocycles. The molecule has 7 nitrogen and oxygen atoms in total. The fourth-order valence-corrected chi connectivity index (χ4v) is 2.42. The van der Waals surface area contributed by atoms with Crippen LogP contribution in [0.25, 0.3) is 11.4 Å². The molecule has 2 N–H and O–H groups in total. The molecule has 26 heavy (non-hydrogen) atoms. The minimum atomic E-state index is 0.0464. The number of carbonyl (C=O) groups is 1. The van der Waals surface area contributed by atoms with Crippen molar-refractivity contribution >= 4 is 5.91 Å². The second kappa shape index (κ2) is 9.33. The SMILES string of the molecule is COc1ccc(-c2noc(CCC(=O)N(C)CCC(N)C(C)C)n2)cc1. The van der Waals surface area contributed by atoms with Crippen molar-refractivity contribution in [3.05, 3.63) is 30.2 Å². The van der Waals surface area contributed by atoms with Crippen LogP contribution in [0.1, 0.15) is 32.6 Å². The zero-order valence-electron chi connectivity index (χ0n) is 15.9. The third-order valence-corrected chi connectivity index (χ3v) is 4.45. The lowest BCUT2D eigenvalue weighted by atomic mass is 10.0. The van der Waals surface area contributed by atoms with Gasteiger partial charge in [0.2, 0.25) is 17.6 Å². The Morgan fingerprint density at radius 1 is 1.31 bits per heavy atom. The maximum atomic E-state index is 12.2. The van der Waals surface area contributed by atoms with Gasteiger partial charge in [0.1, 0.15) is 5.75 Å². The van der Waals surface area contributed by atoms with Gasteiger partial charge in [-0.3, -0.25) is 4.79 Å². The number of methoxy groups -OCH3 is 1. The standard InChI is InChI=1S/C19H28N4O3/c1-13(2)16(20)11-12-23(3)18(24)10-9-17-21-19(22-26-17)14-5-7-15(25-4)8-6-14/h5-8,13,16H,9-12,20H2,1-4H3. The summed E-state index contributed by atoms with van der Waals surface area (Å²) >= 11 is 0. The van der Waals surface area contributed by atoms with Gasteiger partial charge in [-0.25, -0.2) is 0 Å². The highest BCUT2D eigenvalue weighted by molar-refractivity contribution is 5.76. The third kappa shape index (κ3) is 5.56. The fraction of sp³-hybridized carbons (Fsp3) is 0.526. The zero-order valence-corrected chi connectivity index (χ0v) is 15.9. The molecule has 1 aromatic carbocycles. The quantitative estimate of drug-likeness (QED) is 0.738. The van der Waals surface area contributed by atoms with Crippen LogP contribution in [0.2, 0.25) is 0 Å². The van der Waals surface area contributed by atoms with E-state index in [1.165, 1.54) is 0 Å². The average Bonchev–Trinajstić information content (AvgIpc) is 3.12. The van der Waals surface area contributed by atoms with Crippen LogP contribution < -0.4 is 10.5 Å². The summed E-state index contributed by atoms with van der Waals surface area (Å²) in [5.41, 5.74) is 6.87. The topological polar surface area (TPSA) is 94.5 Å². The molecule has 2 aromatic rings. The van der Waals surface area contributed by atoms with Crippen molar-refractivity contribution in [1.29, 1.82) is 0 Å². The fourth-order valence-electron chi connectivity index (χ4n) is 2.42. The molecule has 1 atom stereocenters. The van der Waals surface area contributed by atoms with Crippen molar-refractivity contribution in [2.24, 2.45) is 11.7 Å². The Bertz CT molecular complexity index is 697. The van der Waals surface area contributed by atoms with Gasteiger partial charge < -0.3 is 19.9 Å². The summed E-state index contributed by atoms with van der Waals surface area (Å²) in [7, 11) is 3.41. The van der Waals surface area contributed by atoms with Gasteiger partial charge in [-0.2, -0.15) is 4.98 Å². The third-order valence-electron chi connectivity index (χ3n) is 4.45. The average molecular weight is 360 g/mol. The Morgan fingerprint density at radius 2 is 2.00 bits per heavy atom. The summed E-state index contributed by atoms with van der Waals surface area (Å²) in [6, 6.07) is 7.51. The second-order valence-corrected chi connectivity index (χ2v) is 6.75. The van der Waals surface area contributed by atoms with Crippen LogP contribution in [0.3, 0.4) is 0 Å². The molecule has 1 unspecified atom stereocenters. The number of aromatic nitrogens is 2. The molecule has 1 amide bonds. The monoisotopic (exact) mass is 360 g/mol. The lowest BCUT2D eigenvalue weighted by molar-refractivity contribution is -0.130.